The maximum absolute atomic E-state index is 13.2. The molecule has 0 saturated carbocycles. The van der Waals surface area contributed by atoms with E-state index >= 15 is 0 Å². The van der Waals surface area contributed by atoms with Gasteiger partial charge in [0.15, 0.2) is 0 Å². The first kappa shape index (κ1) is 18.1. The summed E-state index contributed by atoms with van der Waals surface area (Å²) in [6.07, 6.45) is 0. The van der Waals surface area contributed by atoms with E-state index < -0.39 is 0 Å². The lowest BCUT2D eigenvalue weighted by molar-refractivity contribution is 0.0730. The Morgan fingerprint density at radius 2 is 1.82 bits per heavy atom. The number of H-pyrrole nitrogens is 1. The van der Waals surface area contributed by atoms with Crippen molar-refractivity contribution < 1.29 is 9.18 Å². The number of amides is 1. The van der Waals surface area contributed by atoms with Crippen molar-refractivity contribution in [2.24, 2.45) is 0 Å². The molecule has 0 aliphatic heterocycles. The number of nitrogens with zero attached hydrogens (tertiary/aromatic N) is 2. The van der Waals surface area contributed by atoms with E-state index in [1.54, 1.807) is 41.3 Å². The Morgan fingerprint density at radius 3 is 2.57 bits per heavy atom. The second-order valence-electron chi connectivity index (χ2n) is 6.29. The highest BCUT2D eigenvalue weighted by molar-refractivity contribution is 7.12. The van der Waals surface area contributed by atoms with E-state index in [-0.39, 0.29) is 30.4 Å². The molecule has 0 radical (unpaired) electrons. The van der Waals surface area contributed by atoms with Crippen LogP contribution in [0.5, 0.6) is 0 Å². The molecule has 0 saturated heterocycles. The van der Waals surface area contributed by atoms with Crippen LogP contribution in [0.1, 0.15) is 21.1 Å². The fraction of sp³-hybridized carbons (Fsp3) is 0.0952. The second-order valence-corrected chi connectivity index (χ2v) is 7.24. The fourth-order valence-electron chi connectivity index (χ4n) is 2.96. The Labute approximate surface area is 164 Å². The summed E-state index contributed by atoms with van der Waals surface area (Å²) in [6, 6.07) is 16.6. The lowest BCUT2D eigenvalue weighted by atomic mass is 10.2. The summed E-state index contributed by atoms with van der Waals surface area (Å²) >= 11 is 1.35. The highest BCUT2D eigenvalue weighted by Crippen LogP contribution is 2.17. The third kappa shape index (κ3) is 3.84. The summed E-state index contributed by atoms with van der Waals surface area (Å²) < 4.78 is 13.2. The number of hydrogen-bond acceptors (Lipinski definition) is 4. The van der Waals surface area contributed by atoms with Crippen LogP contribution in [-0.2, 0) is 13.1 Å². The molecule has 0 bridgehead atoms. The van der Waals surface area contributed by atoms with Gasteiger partial charge in [0.2, 0.25) is 0 Å². The molecule has 4 aromatic rings. The zero-order valence-corrected chi connectivity index (χ0v) is 15.6. The van der Waals surface area contributed by atoms with Crippen LogP contribution in [0.3, 0.4) is 0 Å². The quantitative estimate of drug-likeness (QED) is 0.558. The number of fused-ring (bicyclic) bond motifs is 1. The van der Waals surface area contributed by atoms with Gasteiger partial charge < -0.3 is 9.88 Å². The third-order valence-electron chi connectivity index (χ3n) is 4.31. The topological polar surface area (TPSA) is 66.1 Å². The Hall–Kier alpha value is -3.32. The fourth-order valence-corrected chi connectivity index (χ4v) is 3.65. The molecule has 5 nitrogen and oxygen atoms in total. The molecule has 0 unspecified atom stereocenters. The molecule has 0 spiro atoms. The molecule has 1 N–H and O–H groups in total. The van der Waals surface area contributed by atoms with Crippen molar-refractivity contribution in [2.75, 3.05) is 0 Å². The highest BCUT2D eigenvalue weighted by atomic mass is 32.1. The van der Waals surface area contributed by atoms with Gasteiger partial charge in [0, 0.05) is 6.54 Å². The molecule has 4 rings (SSSR count). The van der Waals surface area contributed by atoms with Crippen LogP contribution in [0, 0.1) is 5.82 Å². The molecule has 0 fully saturated rings. The lowest BCUT2D eigenvalue weighted by Gasteiger charge is -2.22. The van der Waals surface area contributed by atoms with E-state index in [2.05, 4.69) is 9.97 Å². The number of aromatic amines is 1. The van der Waals surface area contributed by atoms with E-state index in [9.17, 15) is 14.0 Å². The van der Waals surface area contributed by atoms with Gasteiger partial charge in [-0.1, -0.05) is 30.3 Å². The number of para-hydroxylation sites is 1. The Bertz CT molecular complexity index is 1170. The zero-order valence-electron chi connectivity index (χ0n) is 14.8. The van der Waals surface area contributed by atoms with Crippen LogP contribution in [0.2, 0.25) is 0 Å². The molecule has 2 heterocycles. The smallest absolute Gasteiger partial charge is 0.264 e. The number of thiophene rings is 1. The number of halogens is 1. The number of carbonyl (C=O) groups is 1. The van der Waals surface area contributed by atoms with Gasteiger partial charge in [-0.05, 0) is 41.3 Å². The largest absolute Gasteiger partial charge is 0.326 e. The number of nitrogens with one attached hydrogen (secondary N) is 1. The highest BCUT2D eigenvalue weighted by Gasteiger charge is 2.19. The average Bonchev–Trinajstić information content (AvgIpc) is 3.23. The summed E-state index contributed by atoms with van der Waals surface area (Å²) in [5.41, 5.74) is 1.12. The summed E-state index contributed by atoms with van der Waals surface area (Å²) in [5.74, 6) is -0.105. The summed E-state index contributed by atoms with van der Waals surface area (Å²) in [6.45, 7) is 0.404. The molecular weight excluding hydrogens is 377 g/mol. The Balaban J connectivity index is 1.67. The molecule has 28 heavy (non-hydrogen) atoms. The average molecular weight is 393 g/mol. The van der Waals surface area contributed by atoms with E-state index in [1.165, 1.54) is 23.5 Å². The summed E-state index contributed by atoms with van der Waals surface area (Å²) in [7, 11) is 0. The maximum atomic E-state index is 13.2. The molecule has 0 aliphatic rings. The molecule has 2 aromatic heterocycles. The monoisotopic (exact) mass is 393 g/mol. The van der Waals surface area contributed by atoms with Crippen molar-refractivity contribution in [2.45, 2.75) is 13.1 Å². The number of benzene rings is 2. The first-order valence-electron chi connectivity index (χ1n) is 8.65. The summed E-state index contributed by atoms with van der Waals surface area (Å²) in [4.78, 5) is 34.7. The number of hydrogen-bond donors (Lipinski definition) is 1. The molecule has 2 aromatic carbocycles. The van der Waals surface area contributed by atoms with Crippen LogP contribution in [-0.4, -0.2) is 20.8 Å². The minimum absolute atomic E-state index is 0.133. The molecule has 0 aliphatic carbocycles. The van der Waals surface area contributed by atoms with Crippen LogP contribution in [0.4, 0.5) is 4.39 Å². The van der Waals surface area contributed by atoms with Crippen LogP contribution in [0.25, 0.3) is 10.9 Å². The van der Waals surface area contributed by atoms with E-state index in [1.807, 2.05) is 17.5 Å². The van der Waals surface area contributed by atoms with Gasteiger partial charge in [-0.2, -0.15) is 0 Å². The van der Waals surface area contributed by atoms with Gasteiger partial charge >= 0.3 is 0 Å². The van der Waals surface area contributed by atoms with Crippen molar-refractivity contribution >= 4 is 28.1 Å². The van der Waals surface area contributed by atoms with Gasteiger partial charge in [0.1, 0.15) is 11.6 Å². The predicted octanol–water partition coefficient (Wildman–Crippen LogP) is 3.97. The predicted molar refractivity (Wildman–Crippen MR) is 107 cm³/mol. The van der Waals surface area contributed by atoms with Crippen LogP contribution >= 0.6 is 11.3 Å². The van der Waals surface area contributed by atoms with Crippen LogP contribution < -0.4 is 5.56 Å². The first-order chi connectivity index (χ1) is 13.6. The van der Waals surface area contributed by atoms with Gasteiger partial charge in [-0.25, -0.2) is 9.37 Å². The maximum Gasteiger partial charge on any atom is 0.264 e. The van der Waals surface area contributed by atoms with Crippen LogP contribution in [0.15, 0.2) is 70.8 Å². The number of rotatable bonds is 5. The van der Waals surface area contributed by atoms with Gasteiger partial charge in [-0.3, -0.25) is 9.59 Å². The van der Waals surface area contributed by atoms with Gasteiger partial charge in [-0.15, -0.1) is 11.3 Å². The lowest BCUT2D eigenvalue weighted by Crippen LogP contribution is -2.31. The molecule has 140 valence electrons. The Kier molecular flexibility index (Phi) is 4.99. The SMILES string of the molecule is O=C(c1cccs1)N(Cc1ccc(F)cc1)Cc1nc2ccccc2c(=O)[nH]1. The molecular formula is C21H16FN3O2S. The molecule has 7 heteroatoms. The molecule has 0 atom stereocenters. The minimum atomic E-state index is -0.333. The summed E-state index contributed by atoms with van der Waals surface area (Å²) in [5, 5.41) is 2.33. The van der Waals surface area contributed by atoms with Crippen molar-refractivity contribution in [3.05, 3.63) is 98.5 Å². The van der Waals surface area contributed by atoms with Gasteiger partial charge in [0.05, 0.1) is 22.3 Å². The first-order valence-corrected chi connectivity index (χ1v) is 9.53. The van der Waals surface area contributed by atoms with E-state index in [4.69, 9.17) is 0 Å². The number of aromatic nitrogens is 2. The number of carbonyl (C=O) groups excluding carboxylic acids is 1. The molecule has 1 amide bonds. The Morgan fingerprint density at radius 1 is 1.04 bits per heavy atom. The van der Waals surface area contributed by atoms with Crippen molar-refractivity contribution in [1.29, 1.82) is 0 Å². The normalized spacial score (nSPS) is 10.9. The standard InChI is InChI=1S/C21H16FN3O2S/c22-15-9-7-14(8-10-15)12-25(21(27)18-6-3-11-28-18)13-19-23-17-5-2-1-4-16(17)20(26)24-19/h1-11H,12-13H2,(H,23,24,26). The van der Waals surface area contributed by atoms with E-state index in [0.717, 1.165) is 5.56 Å². The third-order valence-corrected chi connectivity index (χ3v) is 5.17. The zero-order chi connectivity index (χ0) is 19.5. The van der Waals surface area contributed by atoms with Gasteiger partial charge in [0.25, 0.3) is 11.5 Å². The van der Waals surface area contributed by atoms with Crippen molar-refractivity contribution in [1.82, 2.24) is 14.9 Å². The second kappa shape index (κ2) is 7.74. The van der Waals surface area contributed by atoms with Crippen molar-refractivity contribution in [3.63, 3.8) is 0 Å². The van der Waals surface area contributed by atoms with Crippen molar-refractivity contribution in [3.8, 4) is 0 Å². The van der Waals surface area contributed by atoms with E-state index in [0.29, 0.717) is 21.6 Å². The minimum Gasteiger partial charge on any atom is -0.326 e.